The molecule has 1 unspecified atom stereocenters. The van der Waals surface area contributed by atoms with Crippen LogP contribution in [-0.2, 0) is 6.42 Å². The van der Waals surface area contributed by atoms with E-state index in [9.17, 15) is 14.7 Å². The summed E-state index contributed by atoms with van der Waals surface area (Å²) in [4.78, 5) is 23.0. The van der Waals surface area contributed by atoms with E-state index in [0.29, 0.717) is 7.14 Å². The van der Waals surface area contributed by atoms with Crippen molar-refractivity contribution in [3.63, 3.8) is 0 Å². The van der Waals surface area contributed by atoms with Gasteiger partial charge in [-0.05, 0) is 56.8 Å². The molecule has 6 N–H and O–H groups in total. The van der Waals surface area contributed by atoms with Crippen LogP contribution in [0.1, 0.15) is 26.3 Å². The molecule has 0 aliphatic heterocycles. The Morgan fingerprint density at radius 2 is 1.58 bits per heavy atom. The summed E-state index contributed by atoms with van der Waals surface area (Å²) in [6.45, 7) is -0.488. The van der Waals surface area contributed by atoms with Gasteiger partial charge in [0.25, 0.3) is 0 Å². The van der Waals surface area contributed by atoms with Gasteiger partial charge >= 0.3 is 0 Å². The minimum absolute atomic E-state index is 0.0696. The second kappa shape index (κ2) is 6.81. The van der Waals surface area contributed by atoms with Crippen molar-refractivity contribution < 1.29 is 19.8 Å². The van der Waals surface area contributed by atoms with Crippen LogP contribution in [-0.4, -0.2) is 34.7 Å². The number of aliphatic hydroxyl groups is 2. The summed E-state index contributed by atoms with van der Waals surface area (Å²) in [6.07, 6.45) is -1.16. The summed E-state index contributed by atoms with van der Waals surface area (Å²) in [7, 11) is 0. The lowest BCUT2D eigenvalue weighted by Gasteiger charge is -2.16. The Labute approximate surface area is 136 Å². The van der Waals surface area contributed by atoms with Gasteiger partial charge in [-0.2, -0.15) is 0 Å². The lowest BCUT2D eigenvalue weighted by Crippen LogP contribution is -2.26. The van der Waals surface area contributed by atoms with Gasteiger partial charge in [-0.3, -0.25) is 9.59 Å². The summed E-state index contributed by atoms with van der Waals surface area (Å²) in [5, 5.41) is 18.5. The Bertz CT molecular complexity index is 496. The molecule has 0 aliphatic carbocycles. The third-order valence-corrected chi connectivity index (χ3v) is 4.18. The molecular formula is C11H12I2N2O4. The molecule has 0 radical (unpaired) electrons. The van der Waals surface area contributed by atoms with E-state index in [2.05, 4.69) is 0 Å². The summed E-state index contributed by atoms with van der Waals surface area (Å²) in [6, 6.07) is 1.62. The van der Waals surface area contributed by atoms with Gasteiger partial charge in [0.2, 0.25) is 11.8 Å². The van der Waals surface area contributed by atoms with Crippen molar-refractivity contribution >= 4 is 57.0 Å². The second-order valence-corrected chi connectivity index (χ2v) is 6.16. The van der Waals surface area contributed by atoms with Crippen LogP contribution in [0.15, 0.2) is 6.07 Å². The lowest BCUT2D eigenvalue weighted by atomic mass is 9.95. The molecule has 0 bridgehead atoms. The number of amides is 2. The van der Waals surface area contributed by atoms with Crippen molar-refractivity contribution in [2.45, 2.75) is 12.5 Å². The van der Waals surface area contributed by atoms with E-state index < -0.39 is 24.5 Å². The van der Waals surface area contributed by atoms with E-state index in [1.807, 2.05) is 45.2 Å². The van der Waals surface area contributed by atoms with Crippen LogP contribution in [0.5, 0.6) is 0 Å². The monoisotopic (exact) mass is 490 g/mol. The number of carbonyl (C=O) groups excluding carboxylic acids is 2. The smallest absolute Gasteiger partial charge is 0.250 e. The first-order valence-electron chi connectivity index (χ1n) is 5.19. The first-order chi connectivity index (χ1) is 8.79. The average Bonchev–Trinajstić information content (AvgIpc) is 2.26. The van der Waals surface area contributed by atoms with Crippen molar-refractivity contribution in [2.75, 3.05) is 6.61 Å². The van der Waals surface area contributed by atoms with E-state index >= 15 is 0 Å². The number of benzene rings is 1. The maximum Gasteiger partial charge on any atom is 0.250 e. The Morgan fingerprint density at radius 3 is 1.89 bits per heavy atom. The molecule has 6 nitrogen and oxygen atoms in total. The molecule has 1 aromatic carbocycles. The fraction of sp³-hybridized carbons (Fsp3) is 0.273. The Hall–Kier alpha value is -0.460. The first-order valence-corrected chi connectivity index (χ1v) is 7.34. The zero-order valence-electron chi connectivity index (χ0n) is 9.69. The predicted molar refractivity (Wildman–Crippen MR) is 85.7 cm³/mol. The van der Waals surface area contributed by atoms with Gasteiger partial charge in [0, 0.05) is 13.6 Å². The number of primary amides is 2. The number of rotatable bonds is 5. The fourth-order valence-corrected chi connectivity index (χ4v) is 4.11. The number of halogens is 2. The topological polar surface area (TPSA) is 127 Å². The molecular weight excluding hydrogens is 478 g/mol. The third kappa shape index (κ3) is 3.77. The third-order valence-electron chi connectivity index (χ3n) is 2.48. The zero-order chi connectivity index (χ0) is 14.7. The molecule has 1 atom stereocenters. The molecule has 0 saturated heterocycles. The summed E-state index contributed by atoms with van der Waals surface area (Å²) >= 11 is 3.85. The largest absolute Gasteiger partial charge is 0.394 e. The van der Waals surface area contributed by atoms with E-state index in [4.69, 9.17) is 16.6 Å². The van der Waals surface area contributed by atoms with Crippen molar-refractivity contribution in [3.05, 3.63) is 29.9 Å². The van der Waals surface area contributed by atoms with Crippen molar-refractivity contribution in [3.8, 4) is 0 Å². The molecule has 104 valence electrons. The minimum atomic E-state index is -1.09. The highest BCUT2D eigenvalue weighted by Crippen LogP contribution is 2.27. The molecule has 8 heteroatoms. The molecule has 0 heterocycles. The summed E-state index contributed by atoms with van der Waals surface area (Å²) in [5.41, 5.74) is 11.2. The van der Waals surface area contributed by atoms with Crippen LogP contribution >= 0.6 is 45.2 Å². The highest BCUT2D eigenvalue weighted by atomic mass is 127. The molecule has 0 saturated carbocycles. The van der Waals surface area contributed by atoms with Crippen LogP contribution in [0.3, 0.4) is 0 Å². The molecule has 0 fully saturated rings. The van der Waals surface area contributed by atoms with Crippen LogP contribution in [0, 0.1) is 7.14 Å². The summed E-state index contributed by atoms with van der Waals surface area (Å²) < 4.78 is 1.14. The number of hydrogen-bond donors (Lipinski definition) is 4. The quantitative estimate of drug-likeness (QED) is 0.434. The SMILES string of the molecule is NC(=O)c1c(I)cc(I)c(C(N)=O)c1CC(O)CO. The maximum atomic E-state index is 11.5. The van der Waals surface area contributed by atoms with Crippen LogP contribution in [0.4, 0.5) is 0 Å². The zero-order valence-corrected chi connectivity index (χ0v) is 14.0. The number of carbonyl (C=O) groups is 2. The van der Waals surface area contributed by atoms with Gasteiger partial charge in [-0.1, -0.05) is 0 Å². The van der Waals surface area contributed by atoms with E-state index in [-0.39, 0.29) is 23.1 Å². The fourth-order valence-electron chi connectivity index (χ4n) is 1.71. The van der Waals surface area contributed by atoms with Crippen LogP contribution in [0.2, 0.25) is 0 Å². The van der Waals surface area contributed by atoms with Gasteiger partial charge in [0.15, 0.2) is 0 Å². The van der Waals surface area contributed by atoms with E-state index in [1.165, 1.54) is 0 Å². The van der Waals surface area contributed by atoms with Crippen LogP contribution < -0.4 is 11.5 Å². The van der Waals surface area contributed by atoms with Gasteiger partial charge < -0.3 is 21.7 Å². The average molecular weight is 490 g/mol. The summed E-state index contributed by atoms with van der Waals surface area (Å²) in [5.74, 6) is -1.41. The molecule has 2 amide bonds. The van der Waals surface area contributed by atoms with Gasteiger partial charge in [0.05, 0.1) is 23.8 Å². The maximum absolute atomic E-state index is 11.5. The van der Waals surface area contributed by atoms with Crippen LogP contribution in [0.25, 0.3) is 0 Å². The number of hydrogen-bond acceptors (Lipinski definition) is 4. The lowest BCUT2D eigenvalue weighted by molar-refractivity contribution is 0.0928. The molecule has 1 rings (SSSR count). The molecule has 0 spiro atoms. The number of aliphatic hydroxyl groups excluding tert-OH is 2. The first kappa shape index (κ1) is 16.6. The van der Waals surface area contributed by atoms with E-state index in [1.54, 1.807) is 6.07 Å². The number of nitrogens with two attached hydrogens (primary N) is 2. The Balaban J connectivity index is 3.58. The highest BCUT2D eigenvalue weighted by Gasteiger charge is 2.24. The molecule has 1 aromatic rings. The Morgan fingerprint density at radius 1 is 1.16 bits per heavy atom. The molecule has 19 heavy (non-hydrogen) atoms. The van der Waals surface area contributed by atoms with Crippen molar-refractivity contribution in [2.24, 2.45) is 11.5 Å². The molecule has 0 aromatic heterocycles. The van der Waals surface area contributed by atoms with Gasteiger partial charge in [-0.15, -0.1) is 0 Å². The second-order valence-electron chi connectivity index (χ2n) is 3.84. The molecule has 0 aliphatic rings. The van der Waals surface area contributed by atoms with Crippen molar-refractivity contribution in [1.82, 2.24) is 0 Å². The van der Waals surface area contributed by atoms with Crippen molar-refractivity contribution in [1.29, 1.82) is 0 Å². The standard InChI is InChI=1S/C11H12I2N2O4/c12-6-2-7(13)9(11(15)19)5(1-4(17)3-16)8(6)10(14)18/h2,4,16-17H,1,3H2,(H2,14,18)(H2,15,19). The predicted octanol–water partition coefficient (Wildman–Crippen LogP) is -0.0107. The Kier molecular flexibility index (Phi) is 5.95. The van der Waals surface area contributed by atoms with E-state index in [0.717, 1.165) is 0 Å². The normalized spacial score (nSPS) is 12.2. The van der Waals surface area contributed by atoms with Gasteiger partial charge in [0.1, 0.15) is 0 Å². The minimum Gasteiger partial charge on any atom is -0.394 e. The van der Waals surface area contributed by atoms with Gasteiger partial charge in [-0.25, -0.2) is 0 Å². The highest BCUT2D eigenvalue weighted by molar-refractivity contribution is 14.1.